The van der Waals surface area contributed by atoms with Gasteiger partial charge in [0.15, 0.2) is 17.5 Å². The summed E-state index contributed by atoms with van der Waals surface area (Å²) in [5.41, 5.74) is 13.1. The van der Waals surface area contributed by atoms with Crippen LogP contribution in [0.25, 0.3) is 78.4 Å². The minimum atomic E-state index is -0.639. The van der Waals surface area contributed by atoms with Crippen LogP contribution in [0.5, 0.6) is 11.5 Å². The maximum atomic E-state index is 6.79. The zero-order chi connectivity index (χ0) is 37.5. The predicted molar refractivity (Wildman–Crippen MR) is 226 cm³/mol. The average molecular weight is 730 g/mol. The van der Waals surface area contributed by atoms with Crippen molar-refractivity contribution in [1.29, 1.82) is 0 Å². The third-order valence-corrected chi connectivity index (χ3v) is 11.6. The van der Waals surface area contributed by atoms with E-state index in [0.29, 0.717) is 17.5 Å². The Morgan fingerprint density at radius 3 is 1.72 bits per heavy atom. The molecule has 0 amide bonds. The molecule has 8 aromatic carbocycles. The number of hydrogen-bond acceptors (Lipinski definition) is 5. The summed E-state index contributed by atoms with van der Waals surface area (Å²) >= 11 is 0. The molecule has 1 aliphatic carbocycles. The summed E-state index contributed by atoms with van der Waals surface area (Å²) in [7, 11) is 0. The van der Waals surface area contributed by atoms with Crippen molar-refractivity contribution in [2.45, 2.75) is 5.41 Å². The second kappa shape index (κ2) is 12.2. The molecule has 1 atom stereocenters. The number of ether oxygens (including phenoxy) is 1. The molecule has 1 unspecified atom stereocenters. The van der Waals surface area contributed by atoms with E-state index in [1.54, 1.807) is 0 Å². The van der Waals surface area contributed by atoms with E-state index in [1.165, 1.54) is 22.3 Å². The molecule has 12 rings (SSSR count). The van der Waals surface area contributed by atoms with Crippen LogP contribution < -0.4 is 4.74 Å². The molecular weight excluding hydrogens is 699 g/mol. The van der Waals surface area contributed by atoms with Gasteiger partial charge in [-0.15, -0.1) is 0 Å². The van der Waals surface area contributed by atoms with E-state index < -0.39 is 5.41 Å². The Morgan fingerprint density at radius 2 is 0.930 bits per heavy atom. The Labute approximate surface area is 328 Å². The first-order chi connectivity index (χ1) is 28.2. The highest BCUT2D eigenvalue weighted by molar-refractivity contribution is 6.08. The van der Waals surface area contributed by atoms with Crippen LogP contribution in [0.4, 0.5) is 0 Å². The van der Waals surface area contributed by atoms with E-state index in [2.05, 4.69) is 115 Å². The largest absolute Gasteiger partial charge is 0.457 e. The monoisotopic (exact) mass is 729 g/mol. The van der Waals surface area contributed by atoms with Gasteiger partial charge >= 0.3 is 0 Å². The van der Waals surface area contributed by atoms with E-state index in [9.17, 15) is 0 Å². The summed E-state index contributed by atoms with van der Waals surface area (Å²) in [4.78, 5) is 15.0. The molecule has 1 aliphatic heterocycles. The maximum Gasteiger partial charge on any atom is 0.164 e. The second-order valence-corrected chi connectivity index (χ2v) is 14.7. The van der Waals surface area contributed by atoms with E-state index in [0.717, 1.165) is 72.4 Å². The Balaban J connectivity index is 1.07. The fraction of sp³-hybridized carbons (Fsp3) is 0.0192. The molecule has 57 heavy (non-hydrogen) atoms. The molecule has 0 fully saturated rings. The van der Waals surface area contributed by atoms with Crippen LogP contribution in [0.1, 0.15) is 22.3 Å². The first-order valence-electron chi connectivity index (χ1n) is 19.2. The Bertz CT molecular complexity index is 3170. The molecule has 0 bridgehead atoms. The molecule has 266 valence electrons. The van der Waals surface area contributed by atoms with E-state index >= 15 is 0 Å². The Kier molecular flexibility index (Phi) is 6.78. The van der Waals surface area contributed by atoms with Gasteiger partial charge in [0.25, 0.3) is 0 Å². The summed E-state index contributed by atoms with van der Waals surface area (Å²) < 4.78 is 13.2. The van der Waals surface area contributed by atoms with Gasteiger partial charge in [0, 0.05) is 38.6 Å². The van der Waals surface area contributed by atoms with Gasteiger partial charge in [0.1, 0.15) is 22.7 Å². The van der Waals surface area contributed by atoms with Gasteiger partial charge in [0.2, 0.25) is 0 Å². The molecule has 0 saturated heterocycles. The number of fused-ring (bicyclic) bond motifs is 12. The van der Waals surface area contributed by atoms with Crippen LogP contribution >= 0.6 is 0 Å². The van der Waals surface area contributed by atoms with E-state index in [1.807, 2.05) is 72.8 Å². The molecule has 3 heterocycles. The third kappa shape index (κ3) is 4.72. The SMILES string of the molecule is c1ccc(-c2nc(-c3ccccc3)nc(-c3cccc(-c4ccc5c(c4)C4(c6ccccc6O5)c5ccccc5-c5cc6oc7ccccc7c6cc54)c3)n2)cc1. The van der Waals surface area contributed by atoms with Crippen molar-refractivity contribution in [3.63, 3.8) is 0 Å². The van der Waals surface area contributed by atoms with Gasteiger partial charge < -0.3 is 9.15 Å². The molecule has 0 N–H and O–H groups in total. The van der Waals surface area contributed by atoms with Crippen LogP contribution in [-0.4, -0.2) is 15.0 Å². The van der Waals surface area contributed by atoms with Gasteiger partial charge in [-0.05, 0) is 75.8 Å². The number of rotatable bonds is 4. The Hall–Kier alpha value is -7.63. The molecule has 10 aromatic rings. The first-order valence-corrected chi connectivity index (χ1v) is 19.2. The molecule has 2 aromatic heterocycles. The van der Waals surface area contributed by atoms with Crippen molar-refractivity contribution in [3.05, 3.63) is 210 Å². The fourth-order valence-electron chi connectivity index (χ4n) is 9.07. The predicted octanol–water partition coefficient (Wildman–Crippen LogP) is 12.9. The highest BCUT2D eigenvalue weighted by Crippen LogP contribution is 2.63. The number of nitrogens with zero attached hydrogens (tertiary/aromatic N) is 3. The van der Waals surface area contributed by atoms with E-state index in [-0.39, 0.29) is 0 Å². The average Bonchev–Trinajstić information content (AvgIpc) is 3.79. The van der Waals surface area contributed by atoms with Gasteiger partial charge in [-0.3, -0.25) is 0 Å². The number of aromatic nitrogens is 3. The lowest BCUT2D eigenvalue weighted by atomic mass is 9.65. The molecule has 5 heteroatoms. The standard InChI is InChI=1S/C52H31N3O2/c1-3-14-32(15-4-1)49-53-50(33-16-5-2-6-17-33)55-51(54-49)36-19-13-18-34(28-36)35-26-27-47-44(29-35)52(42-23-10-12-25-46(42)57-47)41-22-9-7-20-37(41)39-31-48-40(30-43(39)52)38-21-8-11-24-45(38)56-48/h1-31H. The van der Waals surface area contributed by atoms with Crippen molar-refractivity contribution in [1.82, 2.24) is 15.0 Å². The molecular formula is C52H31N3O2. The lowest BCUT2D eigenvalue weighted by Gasteiger charge is -2.39. The number of para-hydroxylation sites is 2. The zero-order valence-electron chi connectivity index (χ0n) is 30.6. The third-order valence-electron chi connectivity index (χ3n) is 11.6. The summed E-state index contributed by atoms with van der Waals surface area (Å²) in [5.74, 6) is 3.58. The highest BCUT2D eigenvalue weighted by atomic mass is 16.5. The minimum absolute atomic E-state index is 0.617. The summed E-state index contributed by atoms with van der Waals surface area (Å²) in [5, 5.41) is 2.21. The number of furan rings is 1. The normalized spacial score (nSPS) is 14.9. The maximum absolute atomic E-state index is 6.79. The van der Waals surface area contributed by atoms with Gasteiger partial charge in [0.05, 0.1) is 5.41 Å². The summed E-state index contributed by atoms with van der Waals surface area (Å²) in [6.07, 6.45) is 0. The van der Waals surface area contributed by atoms with Crippen LogP contribution in [0.3, 0.4) is 0 Å². The van der Waals surface area contributed by atoms with Gasteiger partial charge in [-0.2, -0.15) is 0 Å². The zero-order valence-corrected chi connectivity index (χ0v) is 30.6. The van der Waals surface area contributed by atoms with Crippen LogP contribution in [0.15, 0.2) is 192 Å². The van der Waals surface area contributed by atoms with Crippen molar-refractivity contribution in [2.75, 3.05) is 0 Å². The lowest BCUT2D eigenvalue weighted by Crippen LogP contribution is -2.32. The van der Waals surface area contributed by atoms with Gasteiger partial charge in [-0.1, -0.05) is 146 Å². The highest BCUT2D eigenvalue weighted by Gasteiger charge is 2.51. The van der Waals surface area contributed by atoms with Crippen molar-refractivity contribution >= 4 is 21.9 Å². The summed E-state index contributed by atoms with van der Waals surface area (Å²) in [6, 6.07) is 65.5. The molecule has 0 radical (unpaired) electrons. The van der Waals surface area contributed by atoms with Crippen LogP contribution in [0.2, 0.25) is 0 Å². The topological polar surface area (TPSA) is 61.0 Å². The first kappa shape index (κ1) is 31.7. The minimum Gasteiger partial charge on any atom is -0.457 e. The molecule has 1 spiro atoms. The van der Waals surface area contributed by atoms with Crippen molar-refractivity contribution < 1.29 is 9.15 Å². The number of benzene rings is 8. The fourth-order valence-corrected chi connectivity index (χ4v) is 9.07. The van der Waals surface area contributed by atoms with Gasteiger partial charge in [-0.25, -0.2) is 15.0 Å². The quantitative estimate of drug-likeness (QED) is 0.180. The molecule has 5 nitrogen and oxygen atoms in total. The Morgan fingerprint density at radius 1 is 0.333 bits per heavy atom. The smallest absolute Gasteiger partial charge is 0.164 e. The van der Waals surface area contributed by atoms with Crippen molar-refractivity contribution in [2.24, 2.45) is 0 Å². The van der Waals surface area contributed by atoms with Crippen LogP contribution in [-0.2, 0) is 5.41 Å². The molecule has 2 aliphatic rings. The summed E-state index contributed by atoms with van der Waals surface area (Å²) in [6.45, 7) is 0. The van der Waals surface area contributed by atoms with Crippen LogP contribution in [0, 0.1) is 0 Å². The lowest BCUT2D eigenvalue weighted by molar-refractivity contribution is 0.436. The van der Waals surface area contributed by atoms with E-state index in [4.69, 9.17) is 24.1 Å². The number of hydrogen-bond donors (Lipinski definition) is 0. The molecule has 0 saturated carbocycles. The van der Waals surface area contributed by atoms with Crippen molar-refractivity contribution in [3.8, 4) is 67.9 Å². The second-order valence-electron chi connectivity index (χ2n) is 14.7.